The maximum atomic E-state index is 12.5. The SMILES string of the molecule is CCOC(=O)C1=C(C)NC(=O)NC1c1cn(-c2ccccc2)nc1CC. The first-order chi connectivity index (χ1) is 12.5. The van der Waals surface area contributed by atoms with Gasteiger partial charge in [0.15, 0.2) is 0 Å². The Morgan fingerprint density at radius 3 is 2.65 bits per heavy atom. The Balaban J connectivity index is 2.08. The predicted octanol–water partition coefficient (Wildman–Crippen LogP) is 2.63. The second-order valence-corrected chi connectivity index (χ2v) is 5.96. The van der Waals surface area contributed by atoms with Crippen LogP contribution < -0.4 is 10.6 Å². The van der Waals surface area contributed by atoms with Crippen LogP contribution in [0.25, 0.3) is 5.69 Å². The molecular formula is C19H22N4O3. The summed E-state index contributed by atoms with van der Waals surface area (Å²) in [7, 11) is 0. The number of nitrogens with one attached hydrogen (secondary N) is 2. The molecule has 2 amide bonds. The van der Waals surface area contributed by atoms with Crippen LogP contribution in [0, 0.1) is 0 Å². The molecule has 3 rings (SSSR count). The molecular weight excluding hydrogens is 332 g/mol. The third-order valence-electron chi connectivity index (χ3n) is 4.25. The number of amides is 2. The highest BCUT2D eigenvalue weighted by molar-refractivity contribution is 5.95. The second-order valence-electron chi connectivity index (χ2n) is 5.96. The number of esters is 1. The Hall–Kier alpha value is -3.09. The zero-order valence-corrected chi connectivity index (χ0v) is 15.1. The first-order valence-corrected chi connectivity index (χ1v) is 8.64. The lowest BCUT2D eigenvalue weighted by atomic mass is 9.95. The van der Waals surface area contributed by atoms with E-state index in [0.29, 0.717) is 17.7 Å². The number of ether oxygens (including phenoxy) is 1. The van der Waals surface area contributed by atoms with Gasteiger partial charge in [-0.3, -0.25) is 0 Å². The molecule has 7 nitrogen and oxygen atoms in total. The van der Waals surface area contributed by atoms with Crippen LogP contribution in [0.1, 0.15) is 38.1 Å². The molecule has 0 aliphatic carbocycles. The van der Waals surface area contributed by atoms with E-state index in [4.69, 9.17) is 4.74 Å². The van der Waals surface area contributed by atoms with Crippen molar-refractivity contribution in [3.8, 4) is 5.69 Å². The van der Waals surface area contributed by atoms with Crippen molar-refractivity contribution in [3.63, 3.8) is 0 Å². The van der Waals surface area contributed by atoms with Crippen molar-refractivity contribution in [2.45, 2.75) is 33.2 Å². The molecule has 0 spiro atoms. The van der Waals surface area contributed by atoms with Gasteiger partial charge >= 0.3 is 12.0 Å². The van der Waals surface area contributed by atoms with Gasteiger partial charge in [0.25, 0.3) is 0 Å². The smallest absolute Gasteiger partial charge is 0.338 e. The number of carbonyl (C=O) groups is 2. The zero-order valence-electron chi connectivity index (χ0n) is 15.1. The maximum Gasteiger partial charge on any atom is 0.338 e. The molecule has 1 unspecified atom stereocenters. The summed E-state index contributed by atoms with van der Waals surface area (Å²) in [6.45, 7) is 5.71. The minimum absolute atomic E-state index is 0.264. The van der Waals surface area contributed by atoms with E-state index in [2.05, 4.69) is 15.7 Å². The van der Waals surface area contributed by atoms with E-state index in [1.54, 1.807) is 18.5 Å². The van der Waals surface area contributed by atoms with Crippen molar-refractivity contribution in [1.29, 1.82) is 0 Å². The lowest BCUT2D eigenvalue weighted by Crippen LogP contribution is -2.45. The molecule has 1 aromatic heterocycles. The van der Waals surface area contributed by atoms with E-state index in [0.717, 1.165) is 16.9 Å². The molecule has 1 aromatic carbocycles. The second kappa shape index (κ2) is 7.43. The topological polar surface area (TPSA) is 85.2 Å². The molecule has 2 heterocycles. The molecule has 1 atom stereocenters. The average molecular weight is 354 g/mol. The van der Waals surface area contributed by atoms with E-state index in [1.807, 2.05) is 43.5 Å². The molecule has 0 bridgehead atoms. The van der Waals surface area contributed by atoms with Gasteiger partial charge < -0.3 is 15.4 Å². The predicted molar refractivity (Wildman–Crippen MR) is 96.7 cm³/mol. The number of hydrogen-bond donors (Lipinski definition) is 2. The highest BCUT2D eigenvalue weighted by atomic mass is 16.5. The Morgan fingerprint density at radius 1 is 1.27 bits per heavy atom. The van der Waals surface area contributed by atoms with E-state index in [1.165, 1.54) is 0 Å². The Kier molecular flexibility index (Phi) is 5.06. The number of para-hydroxylation sites is 1. The highest BCUT2D eigenvalue weighted by Gasteiger charge is 2.34. The van der Waals surface area contributed by atoms with E-state index in [9.17, 15) is 9.59 Å². The van der Waals surface area contributed by atoms with Crippen LogP contribution in [0.2, 0.25) is 0 Å². The van der Waals surface area contributed by atoms with Gasteiger partial charge in [0.05, 0.1) is 29.6 Å². The molecule has 2 aromatic rings. The van der Waals surface area contributed by atoms with E-state index >= 15 is 0 Å². The minimum Gasteiger partial charge on any atom is -0.463 e. The number of allylic oxidation sites excluding steroid dienone is 1. The first-order valence-electron chi connectivity index (χ1n) is 8.64. The van der Waals surface area contributed by atoms with Gasteiger partial charge in [-0.05, 0) is 32.4 Å². The molecule has 0 fully saturated rings. The number of aryl methyl sites for hydroxylation is 1. The largest absolute Gasteiger partial charge is 0.463 e. The summed E-state index contributed by atoms with van der Waals surface area (Å²) in [5.41, 5.74) is 3.40. The van der Waals surface area contributed by atoms with Crippen molar-refractivity contribution in [1.82, 2.24) is 20.4 Å². The van der Waals surface area contributed by atoms with Crippen LogP contribution in [0.15, 0.2) is 47.8 Å². The summed E-state index contributed by atoms with van der Waals surface area (Å²) >= 11 is 0. The van der Waals surface area contributed by atoms with E-state index < -0.39 is 12.0 Å². The number of hydrogen-bond acceptors (Lipinski definition) is 4. The van der Waals surface area contributed by atoms with Crippen molar-refractivity contribution in [2.75, 3.05) is 6.61 Å². The normalized spacial score (nSPS) is 16.9. The monoisotopic (exact) mass is 354 g/mol. The number of aromatic nitrogens is 2. The molecule has 0 saturated heterocycles. The third kappa shape index (κ3) is 3.33. The summed E-state index contributed by atoms with van der Waals surface area (Å²) < 4.78 is 6.95. The van der Waals surface area contributed by atoms with Crippen LogP contribution >= 0.6 is 0 Å². The van der Waals surface area contributed by atoms with Crippen LogP contribution in [-0.2, 0) is 16.0 Å². The summed E-state index contributed by atoms with van der Waals surface area (Å²) in [5, 5.41) is 10.1. The molecule has 1 aliphatic heterocycles. The maximum absolute atomic E-state index is 12.5. The number of benzene rings is 1. The van der Waals surface area contributed by atoms with Crippen LogP contribution in [0.4, 0.5) is 4.79 Å². The Morgan fingerprint density at radius 2 is 2.00 bits per heavy atom. The summed E-state index contributed by atoms with van der Waals surface area (Å²) in [6.07, 6.45) is 2.53. The number of urea groups is 1. The number of rotatable bonds is 5. The van der Waals surface area contributed by atoms with Crippen LogP contribution in [0.3, 0.4) is 0 Å². The molecule has 26 heavy (non-hydrogen) atoms. The van der Waals surface area contributed by atoms with Gasteiger partial charge in [0.1, 0.15) is 0 Å². The van der Waals surface area contributed by atoms with Crippen LogP contribution in [0.5, 0.6) is 0 Å². The fourth-order valence-corrected chi connectivity index (χ4v) is 3.06. The van der Waals surface area contributed by atoms with Gasteiger partial charge in [-0.25, -0.2) is 14.3 Å². The number of carbonyl (C=O) groups excluding carboxylic acids is 2. The van der Waals surface area contributed by atoms with Crippen molar-refractivity contribution in [3.05, 3.63) is 59.1 Å². The lowest BCUT2D eigenvalue weighted by molar-refractivity contribution is -0.139. The van der Waals surface area contributed by atoms with Gasteiger partial charge in [0.2, 0.25) is 0 Å². The van der Waals surface area contributed by atoms with Crippen molar-refractivity contribution >= 4 is 12.0 Å². The van der Waals surface area contributed by atoms with Crippen molar-refractivity contribution in [2.24, 2.45) is 0 Å². The summed E-state index contributed by atoms with van der Waals surface area (Å²) in [5.74, 6) is -0.447. The van der Waals surface area contributed by atoms with Gasteiger partial charge in [-0.15, -0.1) is 0 Å². The molecule has 0 saturated carbocycles. The molecule has 136 valence electrons. The highest BCUT2D eigenvalue weighted by Crippen LogP contribution is 2.30. The minimum atomic E-state index is -0.602. The number of nitrogens with zero attached hydrogens (tertiary/aromatic N) is 2. The molecule has 7 heteroatoms. The van der Waals surface area contributed by atoms with Crippen LogP contribution in [-0.4, -0.2) is 28.4 Å². The lowest BCUT2D eigenvalue weighted by Gasteiger charge is -2.27. The standard InChI is InChI=1S/C19H22N4O3/c1-4-15-14(11-23(22-15)13-9-7-6-8-10-13)17-16(18(24)26-5-2)12(3)20-19(25)21-17/h6-11,17H,4-5H2,1-3H3,(H2,20,21,25). The summed E-state index contributed by atoms with van der Waals surface area (Å²) in [4.78, 5) is 24.5. The van der Waals surface area contributed by atoms with Gasteiger partial charge in [-0.1, -0.05) is 25.1 Å². The average Bonchev–Trinajstić information content (AvgIpc) is 3.06. The summed E-state index contributed by atoms with van der Waals surface area (Å²) in [6, 6.07) is 8.75. The van der Waals surface area contributed by atoms with Gasteiger partial charge in [-0.2, -0.15) is 5.10 Å². The zero-order chi connectivity index (χ0) is 18.7. The molecule has 2 N–H and O–H groups in total. The van der Waals surface area contributed by atoms with Gasteiger partial charge in [0, 0.05) is 17.5 Å². The molecule has 1 aliphatic rings. The third-order valence-corrected chi connectivity index (χ3v) is 4.25. The quantitative estimate of drug-likeness (QED) is 0.809. The first kappa shape index (κ1) is 17.7. The fourth-order valence-electron chi connectivity index (χ4n) is 3.06. The molecule has 0 radical (unpaired) electrons. The van der Waals surface area contributed by atoms with Crippen molar-refractivity contribution < 1.29 is 14.3 Å². The Bertz CT molecular complexity index is 855. The fraction of sp³-hybridized carbons (Fsp3) is 0.316. The Labute approximate surface area is 152 Å². The van der Waals surface area contributed by atoms with E-state index in [-0.39, 0.29) is 12.6 Å².